The summed E-state index contributed by atoms with van der Waals surface area (Å²) in [4.78, 5) is 34.3. The maximum absolute atomic E-state index is 12.0. The number of hydrogen-bond donors (Lipinski definition) is 3. The van der Waals surface area contributed by atoms with Crippen molar-refractivity contribution in [3.8, 4) is 0 Å². The summed E-state index contributed by atoms with van der Waals surface area (Å²) in [7, 11) is 0. The van der Waals surface area contributed by atoms with E-state index in [2.05, 4.69) is 10.6 Å². The largest absolute Gasteiger partial charge is 0.478 e. The van der Waals surface area contributed by atoms with Gasteiger partial charge in [-0.3, -0.25) is 9.59 Å². The van der Waals surface area contributed by atoms with E-state index >= 15 is 0 Å². The predicted octanol–water partition coefficient (Wildman–Crippen LogP) is 1.65. The molecule has 0 aliphatic rings. The fourth-order valence-corrected chi connectivity index (χ4v) is 2.83. The number of rotatable bonds is 9. The number of nitrogens with one attached hydrogen (secondary N) is 2. The van der Waals surface area contributed by atoms with Gasteiger partial charge in [0.2, 0.25) is 11.8 Å². The summed E-state index contributed by atoms with van der Waals surface area (Å²) in [5.41, 5.74) is 1.21. The van der Waals surface area contributed by atoms with Gasteiger partial charge in [0.1, 0.15) is 6.04 Å². The Morgan fingerprint density at radius 2 is 1.83 bits per heavy atom. The van der Waals surface area contributed by atoms with Gasteiger partial charge in [-0.15, -0.1) is 0 Å². The van der Waals surface area contributed by atoms with E-state index in [0.29, 0.717) is 24.5 Å². The third-order valence-corrected chi connectivity index (χ3v) is 4.18. The highest BCUT2D eigenvalue weighted by atomic mass is 32.2. The molecule has 2 amide bonds. The van der Waals surface area contributed by atoms with Gasteiger partial charge in [-0.1, -0.05) is 19.1 Å². The molecule has 0 heterocycles. The first-order valence-corrected chi connectivity index (χ1v) is 8.60. The van der Waals surface area contributed by atoms with Crippen molar-refractivity contribution in [1.82, 2.24) is 10.6 Å². The molecule has 0 unspecified atom stereocenters. The molecule has 1 atom stereocenters. The lowest BCUT2D eigenvalue weighted by molar-refractivity contribution is -0.128. The van der Waals surface area contributed by atoms with Crippen molar-refractivity contribution in [3.05, 3.63) is 35.4 Å². The zero-order valence-corrected chi connectivity index (χ0v) is 14.1. The third kappa shape index (κ3) is 6.73. The van der Waals surface area contributed by atoms with Crippen LogP contribution in [-0.2, 0) is 15.3 Å². The quantitative estimate of drug-likeness (QED) is 0.636. The van der Waals surface area contributed by atoms with Gasteiger partial charge in [0.05, 0.1) is 5.56 Å². The minimum Gasteiger partial charge on any atom is -0.478 e. The molecule has 7 heteroatoms. The van der Waals surface area contributed by atoms with Crippen LogP contribution < -0.4 is 10.6 Å². The highest BCUT2D eigenvalue weighted by Gasteiger charge is 2.19. The van der Waals surface area contributed by atoms with Crippen molar-refractivity contribution in [1.29, 1.82) is 0 Å². The van der Waals surface area contributed by atoms with Crippen LogP contribution in [0.25, 0.3) is 0 Å². The lowest BCUT2D eigenvalue weighted by Crippen LogP contribution is -2.48. The van der Waals surface area contributed by atoms with Gasteiger partial charge in [-0.25, -0.2) is 4.79 Å². The molecule has 6 nitrogen and oxygen atoms in total. The average Bonchev–Trinajstić information content (AvgIpc) is 2.54. The molecule has 0 radical (unpaired) electrons. The van der Waals surface area contributed by atoms with Crippen LogP contribution in [0.1, 0.15) is 36.2 Å². The van der Waals surface area contributed by atoms with Crippen LogP contribution in [0.15, 0.2) is 24.3 Å². The van der Waals surface area contributed by atoms with Crippen molar-refractivity contribution >= 4 is 29.5 Å². The van der Waals surface area contributed by atoms with Crippen LogP contribution in [-0.4, -0.2) is 41.2 Å². The molecule has 1 aromatic carbocycles. The van der Waals surface area contributed by atoms with Crippen LogP contribution in [0.5, 0.6) is 0 Å². The standard InChI is InChI=1S/C16H22N2O4S/c1-3-14(19)18-13(15(20)17-4-2)10-23-9-11-5-7-12(8-6-11)16(21)22/h5-8,13H,3-4,9-10H2,1-2H3,(H,17,20)(H,18,19)(H,21,22)/t13-/m1/s1. The summed E-state index contributed by atoms with van der Waals surface area (Å²) in [6.45, 7) is 4.08. The lowest BCUT2D eigenvalue weighted by atomic mass is 10.1. The molecule has 3 N–H and O–H groups in total. The van der Waals surface area contributed by atoms with E-state index < -0.39 is 12.0 Å². The van der Waals surface area contributed by atoms with E-state index in [0.717, 1.165) is 5.56 Å². The van der Waals surface area contributed by atoms with Gasteiger partial charge < -0.3 is 15.7 Å². The van der Waals surface area contributed by atoms with Crippen LogP contribution in [0, 0.1) is 0 Å². The van der Waals surface area contributed by atoms with E-state index in [-0.39, 0.29) is 17.4 Å². The molecule has 0 saturated carbocycles. The Morgan fingerprint density at radius 3 is 2.35 bits per heavy atom. The Hall–Kier alpha value is -2.02. The summed E-state index contributed by atoms with van der Waals surface area (Å²) in [5, 5.41) is 14.3. The molecule has 0 saturated heterocycles. The molecule has 1 rings (SSSR count). The molecular formula is C16H22N2O4S. The monoisotopic (exact) mass is 338 g/mol. The second kappa shape index (κ2) is 9.89. The zero-order valence-electron chi connectivity index (χ0n) is 13.3. The van der Waals surface area contributed by atoms with Gasteiger partial charge in [-0.05, 0) is 24.6 Å². The molecule has 23 heavy (non-hydrogen) atoms. The van der Waals surface area contributed by atoms with Crippen LogP contribution in [0.4, 0.5) is 0 Å². The first-order valence-electron chi connectivity index (χ1n) is 7.45. The zero-order chi connectivity index (χ0) is 17.2. The van der Waals surface area contributed by atoms with E-state index in [9.17, 15) is 14.4 Å². The van der Waals surface area contributed by atoms with E-state index in [1.807, 2.05) is 6.92 Å². The fourth-order valence-electron chi connectivity index (χ4n) is 1.81. The number of carboxylic acid groups (broad SMARTS) is 1. The predicted molar refractivity (Wildman–Crippen MR) is 90.5 cm³/mol. The molecule has 126 valence electrons. The number of thioether (sulfide) groups is 1. The van der Waals surface area contributed by atoms with E-state index in [4.69, 9.17) is 5.11 Å². The molecule has 0 bridgehead atoms. The average molecular weight is 338 g/mol. The minimum absolute atomic E-state index is 0.160. The molecule has 0 fully saturated rings. The third-order valence-electron chi connectivity index (χ3n) is 3.08. The second-order valence-electron chi connectivity index (χ2n) is 4.89. The van der Waals surface area contributed by atoms with Gasteiger partial charge in [0.15, 0.2) is 0 Å². The Bertz CT molecular complexity index is 546. The lowest BCUT2D eigenvalue weighted by Gasteiger charge is -2.17. The molecule has 0 aliphatic carbocycles. The van der Waals surface area contributed by atoms with Gasteiger partial charge in [-0.2, -0.15) is 11.8 Å². The van der Waals surface area contributed by atoms with Crippen molar-refractivity contribution in [2.45, 2.75) is 32.1 Å². The molecular weight excluding hydrogens is 316 g/mol. The number of carbonyl (C=O) groups is 3. The normalized spacial score (nSPS) is 11.6. The fraction of sp³-hybridized carbons (Fsp3) is 0.438. The summed E-state index contributed by atoms with van der Waals surface area (Å²) in [6, 6.07) is 6.05. The minimum atomic E-state index is -0.956. The Morgan fingerprint density at radius 1 is 1.17 bits per heavy atom. The summed E-state index contributed by atoms with van der Waals surface area (Å²) >= 11 is 1.51. The SMILES string of the molecule is CCNC(=O)[C@@H](CSCc1ccc(C(=O)O)cc1)NC(=O)CC. The van der Waals surface area contributed by atoms with Crippen LogP contribution in [0.3, 0.4) is 0 Å². The number of benzene rings is 1. The molecule has 1 aromatic rings. The number of likely N-dealkylation sites (N-methyl/N-ethyl adjacent to an activating group) is 1. The topological polar surface area (TPSA) is 95.5 Å². The smallest absolute Gasteiger partial charge is 0.335 e. The van der Waals surface area contributed by atoms with Crippen molar-refractivity contribution < 1.29 is 19.5 Å². The summed E-state index contributed by atoms with van der Waals surface area (Å²) in [6.07, 6.45) is 0.331. The van der Waals surface area contributed by atoms with Crippen LogP contribution >= 0.6 is 11.8 Å². The number of carboxylic acids is 1. The summed E-state index contributed by atoms with van der Waals surface area (Å²) < 4.78 is 0. The first-order chi connectivity index (χ1) is 11.0. The number of amides is 2. The number of aromatic carboxylic acids is 1. The van der Waals surface area contributed by atoms with E-state index in [1.165, 1.54) is 11.8 Å². The Balaban J connectivity index is 2.54. The molecule has 0 aliphatic heterocycles. The van der Waals surface area contributed by atoms with Crippen molar-refractivity contribution in [2.24, 2.45) is 0 Å². The number of carbonyl (C=O) groups excluding carboxylic acids is 2. The van der Waals surface area contributed by atoms with Gasteiger partial charge in [0.25, 0.3) is 0 Å². The van der Waals surface area contributed by atoms with Crippen LogP contribution in [0.2, 0.25) is 0 Å². The Kier molecular flexibility index (Phi) is 8.18. The van der Waals surface area contributed by atoms with Gasteiger partial charge in [0, 0.05) is 24.5 Å². The first kappa shape index (κ1) is 19.0. The van der Waals surface area contributed by atoms with Crippen molar-refractivity contribution in [3.63, 3.8) is 0 Å². The van der Waals surface area contributed by atoms with Crippen molar-refractivity contribution in [2.75, 3.05) is 12.3 Å². The molecule has 0 aromatic heterocycles. The maximum atomic E-state index is 12.0. The van der Waals surface area contributed by atoms with Gasteiger partial charge >= 0.3 is 5.97 Å². The maximum Gasteiger partial charge on any atom is 0.335 e. The number of hydrogen-bond acceptors (Lipinski definition) is 4. The molecule has 0 spiro atoms. The Labute approximate surface area is 140 Å². The highest BCUT2D eigenvalue weighted by molar-refractivity contribution is 7.98. The second-order valence-corrected chi connectivity index (χ2v) is 5.92. The summed E-state index contributed by atoms with van der Waals surface area (Å²) in [5.74, 6) is -0.214. The highest BCUT2D eigenvalue weighted by Crippen LogP contribution is 2.14. The van der Waals surface area contributed by atoms with E-state index in [1.54, 1.807) is 31.2 Å².